The highest BCUT2D eigenvalue weighted by Gasteiger charge is 2.37. The summed E-state index contributed by atoms with van der Waals surface area (Å²) in [5.74, 6) is 4.80. The quantitative estimate of drug-likeness (QED) is 0.362. The Morgan fingerprint density at radius 1 is 1.38 bits per heavy atom. The topological polar surface area (TPSA) is 119 Å². The Labute approximate surface area is 120 Å². The Balaban J connectivity index is 2.23. The molecule has 0 spiro atoms. The summed E-state index contributed by atoms with van der Waals surface area (Å²) in [4.78, 5) is 12.1. The second-order valence-corrected chi connectivity index (χ2v) is 4.76. The smallest absolute Gasteiger partial charge is 0.267 e. The second-order valence-electron chi connectivity index (χ2n) is 4.76. The summed E-state index contributed by atoms with van der Waals surface area (Å²) in [5, 5.41) is 6.93. The Morgan fingerprint density at radius 3 is 2.76 bits per heavy atom. The summed E-state index contributed by atoms with van der Waals surface area (Å²) in [5.41, 5.74) is 10.8. The van der Waals surface area contributed by atoms with Crippen LogP contribution in [0.1, 0.15) is 22.7 Å². The van der Waals surface area contributed by atoms with Crippen molar-refractivity contribution in [3.63, 3.8) is 0 Å². The summed E-state index contributed by atoms with van der Waals surface area (Å²) in [7, 11) is 0. The highest BCUT2D eigenvalue weighted by Crippen LogP contribution is 2.42. The molecule has 108 valence electrons. The summed E-state index contributed by atoms with van der Waals surface area (Å²) >= 11 is 0. The standard InChI is InChI=1S/C14H15N5O2/c1-7-9-10(8-5-3-2-4-6-8)11(13(20)17-16)12(15)21-14(9)19-18-7/h2-6,10H,15-16H2,1H3,(H,17,20)(H,18,19). The van der Waals surface area contributed by atoms with Crippen molar-refractivity contribution in [2.75, 3.05) is 0 Å². The number of rotatable bonds is 2. The average Bonchev–Trinajstić information content (AvgIpc) is 2.87. The molecule has 1 aliphatic heterocycles. The molecule has 1 aromatic carbocycles. The van der Waals surface area contributed by atoms with Gasteiger partial charge < -0.3 is 10.5 Å². The highest BCUT2D eigenvalue weighted by molar-refractivity contribution is 5.96. The van der Waals surface area contributed by atoms with Gasteiger partial charge in [0.1, 0.15) is 0 Å². The zero-order chi connectivity index (χ0) is 15.0. The van der Waals surface area contributed by atoms with E-state index in [9.17, 15) is 4.79 Å². The lowest BCUT2D eigenvalue weighted by Crippen LogP contribution is -2.37. The van der Waals surface area contributed by atoms with Crippen molar-refractivity contribution < 1.29 is 9.53 Å². The van der Waals surface area contributed by atoms with Gasteiger partial charge in [-0.15, -0.1) is 5.10 Å². The van der Waals surface area contributed by atoms with E-state index >= 15 is 0 Å². The van der Waals surface area contributed by atoms with Gasteiger partial charge in [-0.3, -0.25) is 15.3 Å². The number of nitrogens with zero attached hydrogens (tertiary/aromatic N) is 1. The molecule has 0 saturated carbocycles. The second kappa shape index (κ2) is 4.95. The fourth-order valence-electron chi connectivity index (χ4n) is 2.58. The lowest BCUT2D eigenvalue weighted by Gasteiger charge is -2.26. The largest absolute Gasteiger partial charge is 0.421 e. The normalized spacial score (nSPS) is 17.1. The molecule has 0 aliphatic carbocycles. The first-order valence-corrected chi connectivity index (χ1v) is 6.41. The van der Waals surface area contributed by atoms with E-state index < -0.39 is 5.91 Å². The monoisotopic (exact) mass is 285 g/mol. The molecular formula is C14H15N5O2. The molecule has 1 amide bonds. The molecule has 1 aromatic heterocycles. The van der Waals surface area contributed by atoms with Gasteiger partial charge in [0.2, 0.25) is 11.8 Å². The number of fused-ring (bicyclic) bond motifs is 1. The zero-order valence-corrected chi connectivity index (χ0v) is 11.4. The molecule has 0 fully saturated rings. The van der Waals surface area contributed by atoms with E-state index in [0.717, 1.165) is 16.8 Å². The molecule has 0 radical (unpaired) electrons. The molecule has 2 heterocycles. The Bertz CT molecular complexity index is 720. The number of H-pyrrole nitrogens is 1. The van der Waals surface area contributed by atoms with Gasteiger partial charge in [0.25, 0.3) is 5.91 Å². The fraction of sp³-hybridized carbons (Fsp3) is 0.143. The van der Waals surface area contributed by atoms with E-state index in [0.29, 0.717) is 5.88 Å². The molecule has 0 saturated heterocycles. The van der Waals surface area contributed by atoms with Crippen LogP contribution in [-0.2, 0) is 4.79 Å². The van der Waals surface area contributed by atoms with Crippen molar-refractivity contribution >= 4 is 5.91 Å². The fourth-order valence-corrected chi connectivity index (χ4v) is 2.58. The van der Waals surface area contributed by atoms with Crippen LogP contribution in [0, 0.1) is 6.92 Å². The SMILES string of the molecule is Cc1[nH]nc2c1C(c1ccccc1)C(C(=O)NN)=C(N)O2. The highest BCUT2D eigenvalue weighted by atomic mass is 16.5. The number of nitrogens with one attached hydrogen (secondary N) is 2. The Morgan fingerprint density at radius 2 is 2.10 bits per heavy atom. The maximum atomic E-state index is 12.1. The van der Waals surface area contributed by atoms with Crippen LogP contribution in [0.2, 0.25) is 0 Å². The number of hydrazine groups is 1. The summed E-state index contributed by atoms with van der Waals surface area (Å²) < 4.78 is 5.44. The number of aryl methyl sites for hydroxylation is 1. The Kier molecular flexibility index (Phi) is 3.11. The molecular weight excluding hydrogens is 270 g/mol. The van der Waals surface area contributed by atoms with Gasteiger partial charge in [-0.1, -0.05) is 30.3 Å². The third-order valence-corrected chi connectivity index (χ3v) is 3.52. The lowest BCUT2D eigenvalue weighted by atomic mass is 9.83. The van der Waals surface area contributed by atoms with E-state index in [1.807, 2.05) is 37.3 Å². The summed E-state index contributed by atoms with van der Waals surface area (Å²) in [6.45, 7) is 1.87. The van der Waals surface area contributed by atoms with Gasteiger partial charge in [-0.05, 0) is 12.5 Å². The molecule has 0 bridgehead atoms. The number of benzene rings is 1. The third-order valence-electron chi connectivity index (χ3n) is 3.52. The van der Waals surface area contributed by atoms with Crippen molar-refractivity contribution in [2.45, 2.75) is 12.8 Å². The first-order chi connectivity index (χ1) is 10.1. The van der Waals surface area contributed by atoms with E-state index in [2.05, 4.69) is 15.6 Å². The minimum Gasteiger partial charge on any atom is -0.421 e. The predicted octanol–water partition coefficient (Wildman–Crippen LogP) is 0.403. The number of nitrogens with two attached hydrogens (primary N) is 2. The molecule has 7 heteroatoms. The van der Waals surface area contributed by atoms with Crippen molar-refractivity contribution in [1.82, 2.24) is 15.6 Å². The van der Waals surface area contributed by atoms with E-state index in [-0.39, 0.29) is 17.4 Å². The van der Waals surface area contributed by atoms with Crippen LogP contribution in [0.3, 0.4) is 0 Å². The number of carbonyl (C=O) groups is 1. The van der Waals surface area contributed by atoms with Crippen LogP contribution in [0.5, 0.6) is 5.88 Å². The Hall–Kier alpha value is -2.80. The molecule has 7 nitrogen and oxygen atoms in total. The van der Waals surface area contributed by atoms with Crippen LogP contribution >= 0.6 is 0 Å². The van der Waals surface area contributed by atoms with Crippen molar-refractivity contribution in [2.24, 2.45) is 11.6 Å². The van der Waals surface area contributed by atoms with Crippen LogP contribution in [0.15, 0.2) is 41.8 Å². The van der Waals surface area contributed by atoms with Gasteiger partial charge in [-0.25, -0.2) is 5.84 Å². The van der Waals surface area contributed by atoms with Crippen LogP contribution in [-0.4, -0.2) is 16.1 Å². The molecule has 1 aliphatic rings. The molecule has 21 heavy (non-hydrogen) atoms. The van der Waals surface area contributed by atoms with Crippen molar-refractivity contribution in [1.29, 1.82) is 0 Å². The van der Waals surface area contributed by atoms with E-state index in [1.54, 1.807) is 0 Å². The predicted molar refractivity (Wildman–Crippen MR) is 75.8 cm³/mol. The number of aromatic amines is 1. The molecule has 2 aromatic rings. The number of aromatic nitrogens is 2. The molecule has 3 rings (SSSR count). The third kappa shape index (κ3) is 2.03. The first-order valence-electron chi connectivity index (χ1n) is 6.41. The first kappa shape index (κ1) is 13.2. The van der Waals surface area contributed by atoms with Crippen LogP contribution in [0.25, 0.3) is 0 Å². The maximum absolute atomic E-state index is 12.1. The number of amides is 1. The zero-order valence-electron chi connectivity index (χ0n) is 11.4. The average molecular weight is 285 g/mol. The summed E-state index contributed by atoms with van der Waals surface area (Å²) in [6.07, 6.45) is 0. The van der Waals surface area contributed by atoms with Gasteiger partial charge in [-0.2, -0.15) is 0 Å². The van der Waals surface area contributed by atoms with Gasteiger partial charge in [0.15, 0.2) is 0 Å². The molecule has 6 N–H and O–H groups in total. The van der Waals surface area contributed by atoms with Crippen molar-refractivity contribution in [3.05, 3.63) is 58.6 Å². The minimum atomic E-state index is -0.479. The molecule has 1 atom stereocenters. The summed E-state index contributed by atoms with van der Waals surface area (Å²) in [6, 6.07) is 9.54. The number of ether oxygens (including phenoxy) is 1. The van der Waals surface area contributed by atoms with E-state index in [1.165, 1.54) is 0 Å². The van der Waals surface area contributed by atoms with Gasteiger partial charge >= 0.3 is 0 Å². The van der Waals surface area contributed by atoms with E-state index in [4.69, 9.17) is 16.3 Å². The van der Waals surface area contributed by atoms with Crippen LogP contribution in [0.4, 0.5) is 0 Å². The van der Waals surface area contributed by atoms with Gasteiger partial charge in [0, 0.05) is 11.3 Å². The number of carbonyl (C=O) groups excluding carboxylic acids is 1. The van der Waals surface area contributed by atoms with Crippen molar-refractivity contribution in [3.8, 4) is 5.88 Å². The maximum Gasteiger partial charge on any atom is 0.267 e. The molecule has 1 unspecified atom stereocenters. The minimum absolute atomic E-state index is 0.00537. The lowest BCUT2D eigenvalue weighted by molar-refractivity contribution is -0.118. The number of hydrogen-bond donors (Lipinski definition) is 4. The number of hydrogen-bond acceptors (Lipinski definition) is 5. The van der Waals surface area contributed by atoms with Gasteiger partial charge in [0.05, 0.1) is 11.5 Å². The van der Waals surface area contributed by atoms with Crippen LogP contribution < -0.4 is 21.7 Å².